The normalized spacial score (nSPS) is 25.5. The van der Waals surface area contributed by atoms with Crippen molar-refractivity contribution >= 4 is 27.3 Å². The van der Waals surface area contributed by atoms with Crippen LogP contribution in [-0.4, -0.2) is 48.2 Å². The predicted molar refractivity (Wildman–Crippen MR) is 66.6 cm³/mol. The smallest absolute Gasteiger partial charge is 0.246 e. The maximum Gasteiger partial charge on any atom is 0.246 e. The first kappa shape index (κ1) is 13.6. The number of aliphatic hydroxyl groups excluding tert-OH is 2. The Kier molecular flexibility index (Phi) is 3.52. The Balaban J connectivity index is 2.44. The number of aliphatic hydroxyl groups is 2. The minimum Gasteiger partial charge on any atom is -0.398 e. The Morgan fingerprint density at radius 2 is 1.83 bits per heavy atom. The van der Waals surface area contributed by atoms with E-state index in [9.17, 15) is 18.6 Å². The summed E-state index contributed by atoms with van der Waals surface area (Å²) in [6.07, 6.45) is -2.19. The fourth-order valence-electron chi connectivity index (χ4n) is 1.86. The zero-order valence-electron chi connectivity index (χ0n) is 9.32. The highest BCUT2D eigenvalue weighted by atomic mass is 35.5. The molecule has 1 saturated heterocycles. The van der Waals surface area contributed by atoms with Gasteiger partial charge in [-0.25, -0.2) is 8.42 Å². The molecule has 1 aliphatic heterocycles. The molecule has 0 amide bonds. The number of nitrogens with zero attached hydrogens (tertiary/aromatic N) is 1. The SMILES string of the molecule is Nc1cccc(Cl)c1S(=O)(=O)N1C[C@@H](O)[C@@H](O)C1. The molecule has 1 aliphatic rings. The number of hydrogen-bond donors (Lipinski definition) is 3. The molecule has 0 aromatic heterocycles. The van der Waals surface area contributed by atoms with Gasteiger partial charge in [0.25, 0.3) is 0 Å². The zero-order chi connectivity index (χ0) is 13.5. The lowest BCUT2D eigenvalue weighted by atomic mass is 10.3. The van der Waals surface area contributed by atoms with E-state index in [-0.39, 0.29) is 28.7 Å². The van der Waals surface area contributed by atoms with Gasteiger partial charge in [-0.3, -0.25) is 0 Å². The first-order valence-electron chi connectivity index (χ1n) is 5.24. The summed E-state index contributed by atoms with van der Waals surface area (Å²) < 4.78 is 25.6. The Bertz CT molecular complexity index is 533. The van der Waals surface area contributed by atoms with Gasteiger partial charge in [-0.2, -0.15) is 4.31 Å². The molecule has 100 valence electrons. The molecule has 2 atom stereocenters. The minimum atomic E-state index is -3.91. The van der Waals surface area contributed by atoms with Crippen molar-refractivity contribution in [2.24, 2.45) is 0 Å². The van der Waals surface area contributed by atoms with Crippen molar-refractivity contribution in [3.05, 3.63) is 23.2 Å². The summed E-state index contributed by atoms with van der Waals surface area (Å²) in [6.45, 7) is -0.345. The summed E-state index contributed by atoms with van der Waals surface area (Å²) in [6, 6.07) is 4.40. The number of β-amino-alcohol motifs (C(OH)–C–C–N with tert-alkyl or cyclic N) is 2. The highest BCUT2D eigenvalue weighted by molar-refractivity contribution is 7.89. The third kappa shape index (κ3) is 2.19. The van der Waals surface area contributed by atoms with Gasteiger partial charge >= 0.3 is 0 Å². The molecular formula is C10H13ClN2O4S. The van der Waals surface area contributed by atoms with Crippen LogP contribution in [0.25, 0.3) is 0 Å². The molecule has 1 heterocycles. The summed E-state index contributed by atoms with van der Waals surface area (Å²) >= 11 is 5.85. The molecule has 1 aromatic carbocycles. The van der Waals surface area contributed by atoms with Gasteiger partial charge in [-0.05, 0) is 12.1 Å². The van der Waals surface area contributed by atoms with Crippen molar-refractivity contribution in [1.29, 1.82) is 0 Å². The van der Waals surface area contributed by atoms with Crippen molar-refractivity contribution in [2.75, 3.05) is 18.8 Å². The third-order valence-electron chi connectivity index (χ3n) is 2.82. The second-order valence-corrected chi connectivity index (χ2v) is 6.40. The van der Waals surface area contributed by atoms with E-state index in [1.807, 2.05) is 0 Å². The van der Waals surface area contributed by atoms with Crippen LogP contribution in [0.15, 0.2) is 23.1 Å². The van der Waals surface area contributed by atoms with Crippen molar-refractivity contribution in [3.63, 3.8) is 0 Å². The molecule has 0 aliphatic carbocycles. The molecule has 2 rings (SSSR count). The quantitative estimate of drug-likeness (QED) is 0.646. The zero-order valence-corrected chi connectivity index (χ0v) is 10.9. The minimum absolute atomic E-state index is 0.0193. The fraction of sp³-hybridized carbons (Fsp3) is 0.400. The molecule has 0 radical (unpaired) electrons. The molecule has 4 N–H and O–H groups in total. The number of sulfonamides is 1. The first-order chi connectivity index (χ1) is 8.34. The first-order valence-corrected chi connectivity index (χ1v) is 7.06. The van der Waals surface area contributed by atoms with E-state index < -0.39 is 22.2 Å². The van der Waals surface area contributed by atoms with Gasteiger partial charge in [-0.15, -0.1) is 0 Å². The van der Waals surface area contributed by atoms with Gasteiger partial charge in [0, 0.05) is 13.1 Å². The number of hydrogen-bond acceptors (Lipinski definition) is 5. The van der Waals surface area contributed by atoms with E-state index in [1.165, 1.54) is 12.1 Å². The van der Waals surface area contributed by atoms with E-state index in [4.69, 9.17) is 17.3 Å². The maximum atomic E-state index is 12.3. The Morgan fingerprint density at radius 3 is 2.33 bits per heavy atom. The Morgan fingerprint density at radius 1 is 1.28 bits per heavy atom. The Labute approximate surface area is 110 Å². The van der Waals surface area contributed by atoms with Gasteiger partial charge < -0.3 is 15.9 Å². The van der Waals surface area contributed by atoms with Crippen molar-refractivity contribution < 1.29 is 18.6 Å². The van der Waals surface area contributed by atoms with Gasteiger partial charge in [0.15, 0.2) is 0 Å². The molecule has 18 heavy (non-hydrogen) atoms. The number of nitrogens with two attached hydrogens (primary N) is 1. The molecule has 1 fully saturated rings. The van der Waals surface area contributed by atoms with Crippen LogP contribution in [0.5, 0.6) is 0 Å². The van der Waals surface area contributed by atoms with Crippen LogP contribution in [0.1, 0.15) is 0 Å². The number of nitrogen functional groups attached to an aromatic ring is 1. The molecule has 6 nitrogen and oxygen atoms in total. The van der Waals surface area contributed by atoms with Gasteiger partial charge in [0.05, 0.1) is 22.9 Å². The van der Waals surface area contributed by atoms with Crippen molar-refractivity contribution in [1.82, 2.24) is 4.31 Å². The lowest BCUT2D eigenvalue weighted by Crippen LogP contribution is -2.30. The van der Waals surface area contributed by atoms with Crippen LogP contribution in [0.3, 0.4) is 0 Å². The standard InChI is InChI=1S/C10H13ClN2O4S/c11-6-2-1-3-7(12)10(6)18(16,17)13-4-8(14)9(15)5-13/h1-3,8-9,14-15H,4-5,12H2/t8-,9+. The van der Waals surface area contributed by atoms with Crippen molar-refractivity contribution in [2.45, 2.75) is 17.1 Å². The van der Waals surface area contributed by atoms with Gasteiger partial charge in [0.2, 0.25) is 10.0 Å². The van der Waals surface area contributed by atoms with E-state index in [0.29, 0.717) is 0 Å². The fourth-order valence-corrected chi connectivity index (χ4v) is 3.97. The summed E-state index contributed by atoms with van der Waals surface area (Å²) in [5.41, 5.74) is 5.67. The average molecular weight is 293 g/mol. The maximum absolute atomic E-state index is 12.3. The third-order valence-corrected chi connectivity index (χ3v) is 5.20. The predicted octanol–water partition coefficient (Wildman–Crippen LogP) is -0.352. The van der Waals surface area contributed by atoms with Crippen LogP contribution >= 0.6 is 11.6 Å². The van der Waals surface area contributed by atoms with Crippen LogP contribution in [0.2, 0.25) is 5.02 Å². The van der Waals surface area contributed by atoms with E-state index >= 15 is 0 Å². The molecule has 1 aromatic rings. The Hall–Kier alpha value is -0.860. The van der Waals surface area contributed by atoms with Gasteiger partial charge in [-0.1, -0.05) is 17.7 Å². The van der Waals surface area contributed by atoms with Crippen LogP contribution in [-0.2, 0) is 10.0 Å². The highest BCUT2D eigenvalue weighted by Crippen LogP contribution is 2.31. The number of benzene rings is 1. The second kappa shape index (κ2) is 4.67. The van der Waals surface area contributed by atoms with Crippen molar-refractivity contribution in [3.8, 4) is 0 Å². The second-order valence-electron chi connectivity index (χ2n) is 4.11. The van der Waals surface area contributed by atoms with E-state index in [1.54, 1.807) is 6.07 Å². The molecule has 0 bridgehead atoms. The number of halogens is 1. The number of anilines is 1. The topological polar surface area (TPSA) is 104 Å². The van der Waals surface area contributed by atoms with Crippen LogP contribution < -0.4 is 5.73 Å². The lowest BCUT2D eigenvalue weighted by molar-refractivity contribution is 0.0572. The molecule has 8 heteroatoms. The average Bonchev–Trinajstić information content (AvgIpc) is 2.59. The highest BCUT2D eigenvalue weighted by Gasteiger charge is 2.39. The lowest BCUT2D eigenvalue weighted by Gasteiger charge is -2.17. The van der Waals surface area contributed by atoms with Crippen LogP contribution in [0.4, 0.5) is 5.69 Å². The summed E-state index contributed by atoms with van der Waals surface area (Å²) in [7, 11) is -3.91. The summed E-state index contributed by atoms with van der Waals surface area (Å²) in [4.78, 5) is -0.187. The molecule has 0 spiro atoms. The largest absolute Gasteiger partial charge is 0.398 e. The monoisotopic (exact) mass is 292 g/mol. The van der Waals surface area contributed by atoms with E-state index in [0.717, 1.165) is 4.31 Å². The molecule has 0 saturated carbocycles. The van der Waals surface area contributed by atoms with Gasteiger partial charge in [0.1, 0.15) is 4.90 Å². The number of rotatable bonds is 2. The molecule has 0 unspecified atom stereocenters. The van der Waals surface area contributed by atoms with E-state index in [2.05, 4.69) is 0 Å². The summed E-state index contributed by atoms with van der Waals surface area (Å²) in [5, 5.41) is 18.8. The van der Waals surface area contributed by atoms with Crippen LogP contribution in [0, 0.1) is 0 Å². The summed E-state index contributed by atoms with van der Waals surface area (Å²) in [5.74, 6) is 0. The molecular weight excluding hydrogens is 280 g/mol.